The van der Waals surface area contributed by atoms with Gasteiger partial charge in [0.05, 0.1) is 5.69 Å². The van der Waals surface area contributed by atoms with Gasteiger partial charge in [0.25, 0.3) is 0 Å². The van der Waals surface area contributed by atoms with Crippen molar-refractivity contribution in [3.8, 4) is 0 Å². The maximum atomic E-state index is 11.0. The molecule has 1 aromatic carbocycles. The lowest BCUT2D eigenvalue weighted by Gasteiger charge is -2.13. The average molecular weight is 232 g/mol. The third-order valence-electron chi connectivity index (χ3n) is 2.41. The highest BCUT2D eigenvalue weighted by Crippen LogP contribution is 2.17. The number of hydrogen-bond acceptors (Lipinski definition) is 3. The van der Waals surface area contributed by atoms with Crippen molar-refractivity contribution in [3.63, 3.8) is 0 Å². The fourth-order valence-electron chi connectivity index (χ4n) is 1.63. The second kappa shape index (κ2) is 4.39. The quantitative estimate of drug-likeness (QED) is 0.839. The van der Waals surface area contributed by atoms with Crippen LogP contribution in [0.2, 0.25) is 0 Å². The Morgan fingerprint density at radius 2 is 2.00 bits per heavy atom. The Morgan fingerprint density at radius 1 is 1.35 bits per heavy atom. The topological polar surface area (TPSA) is 75.3 Å². The van der Waals surface area contributed by atoms with Gasteiger partial charge in [0.15, 0.2) is 6.23 Å². The third kappa shape index (κ3) is 2.19. The summed E-state index contributed by atoms with van der Waals surface area (Å²) in [6, 6.07) is 10.2. The van der Waals surface area contributed by atoms with Gasteiger partial charge >= 0.3 is 5.97 Å². The molecule has 0 spiro atoms. The molecule has 1 atom stereocenters. The Balaban J connectivity index is 2.44. The number of carboxylic acid groups (broad SMARTS) is 1. The van der Waals surface area contributed by atoms with Crippen molar-refractivity contribution in [2.45, 2.75) is 13.2 Å². The lowest BCUT2D eigenvalue weighted by atomic mass is 10.2. The second-order valence-corrected chi connectivity index (χ2v) is 3.71. The molecule has 1 aromatic heterocycles. The van der Waals surface area contributed by atoms with E-state index in [4.69, 9.17) is 5.11 Å². The van der Waals surface area contributed by atoms with Crippen molar-refractivity contribution < 1.29 is 15.0 Å². The van der Waals surface area contributed by atoms with Crippen LogP contribution in [0.15, 0.2) is 36.4 Å². The number of hydrogen-bond donors (Lipinski definition) is 2. The Bertz CT molecular complexity index is 534. The van der Waals surface area contributed by atoms with Gasteiger partial charge in [-0.3, -0.25) is 0 Å². The molecule has 0 saturated heterocycles. The first-order chi connectivity index (χ1) is 8.09. The number of aromatic nitrogens is 2. The monoisotopic (exact) mass is 232 g/mol. The molecule has 0 saturated carbocycles. The molecular weight excluding hydrogens is 220 g/mol. The van der Waals surface area contributed by atoms with Gasteiger partial charge in [0.1, 0.15) is 5.69 Å². The molecule has 2 N–H and O–H groups in total. The van der Waals surface area contributed by atoms with Crippen LogP contribution in [-0.4, -0.2) is 26.0 Å². The second-order valence-electron chi connectivity index (χ2n) is 3.71. The molecule has 0 fully saturated rings. The van der Waals surface area contributed by atoms with Crippen LogP contribution in [0.3, 0.4) is 0 Å². The van der Waals surface area contributed by atoms with Gasteiger partial charge in [-0.1, -0.05) is 30.3 Å². The van der Waals surface area contributed by atoms with Gasteiger partial charge in [0, 0.05) is 5.56 Å². The lowest BCUT2D eigenvalue weighted by Crippen LogP contribution is -2.17. The summed E-state index contributed by atoms with van der Waals surface area (Å²) in [6.07, 6.45) is -1.09. The third-order valence-corrected chi connectivity index (χ3v) is 2.41. The van der Waals surface area contributed by atoms with Crippen LogP contribution in [0.5, 0.6) is 0 Å². The van der Waals surface area contributed by atoms with Gasteiger partial charge in [-0.2, -0.15) is 5.10 Å². The van der Waals surface area contributed by atoms with Gasteiger partial charge in [0.2, 0.25) is 0 Å². The maximum Gasteiger partial charge on any atom is 0.354 e. The first-order valence-corrected chi connectivity index (χ1v) is 5.12. The molecule has 17 heavy (non-hydrogen) atoms. The normalized spacial score (nSPS) is 12.4. The molecule has 2 aromatic rings. The van der Waals surface area contributed by atoms with Crippen LogP contribution >= 0.6 is 0 Å². The Morgan fingerprint density at radius 3 is 2.59 bits per heavy atom. The molecule has 0 radical (unpaired) electrons. The zero-order valence-electron chi connectivity index (χ0n) is 9.24. The summed E-state index contributed by atoms with van der Waals surface area (Å²) < 4.78 is 1.10. The lowest BCUT2D eigenvalue weighted by molar-refractivity contribution is 0.0647. The minimum atomic E-state index is -1.11. The Hall–Kier alpha value is -2.14. The molecule has 0 aliphatic heterocycles. The molecular formula is C12H12N2O3. The van der Waals surface area contributed by atoms with Crippen molar-refractivity contribution in [1.82, 2.24) is 9.78 Å². The fraction of sp³-hybridized carbons (Fsp3) is 0.167. The van der Waals surface area contributed by atoms with E-state index < -0.39 is 12.2 Å². The number of aliphatic hydroxyl groups excluding tert-OH is 1. The van der Waals surface area contributed by atoms with E-state index in [9.17, 15) is 9.90 Å². The smallest absolute Gasteiger partial charge is 0.354 e. The minimum absolute atomic E-state index is 0.0288. The molecule has 0 aliphatic rings. The summed E-state index contributed by atoms with van der Waals surface area (Å²) in [5.74, 6) is -1.11. The predicted molar refractivity (Wildman–Crippen MR) is 60.7 cm³/mol. The van der Waals surface area contributed by atoms with Crippen LogP contribution in [0.1, 0.15) is 28.0 Å². The zero-order valence-corrected chi connectivity index (χ0v) is 9.24. The maximum absolute atomic E-state index is 11.0. The number of carboxylic acids is 1. The summed E-state index contributed by atoms with van der Waals surface area (Å²) in [5.41, 5.74) is 1.12. The molecule has 5 heteroatoms. The highest BCUT2D eigenvalue weighted by molar-refractivity contribution is 5.85. The van der Waals surface area contributed by atoms with Crippen LogP contribution < -0.4 is 0 Å². The van der Waals surface area contributed by atoms with E-state index in [1.807, 2.05) is 6.07 Å². The van der Waals surface area contributed by atoms with E-state index in [2.05, 4.69) is 5.10 Å². The average Bonchev–Trinajstić information content (AvgIpc) is 2.72. The van der Waals surface area contributed by atoms with E-state index in [-0.39, 0.29) is 5.69 Å². The Labute approximate surface area is 97.9 Å². The number of benzene rings is 1. The first-order valence-electron chi connectivity index (χ1n) is 5.12. The summed E-state index contributed by atoms with van der Waals surface area (Å²) in [4.78, 5) is 11.0. The first kappa shape index (κ1) is 11.3. The van der Waals surface area contributed by atoms with Gasteiger partial charge in [-0.05, 0) is 13.0 Å². The van der Waals surface area contributed by atoms with E-state index in [1.54, 1.807) is 31.2 Å². The number of aryl methyl sites for hydroxylation is 1. The highest BCUT2D eigenvalue weighted by atomic mass is 16.4. The summed E-state index contributed by atoms with van der Waals surface area (Å²) >= 11 is 0. The van der Waals surface area contributed by atoms with Crippen molar-refractivity contribution in [2.75, 3.05) is 0 Å². The molecule has 0 aliphatic carbocycles. The molecule has 1 heterocycles. The molecule has 0 amide bonds. The van der Waals surface area contributed by atoms with E-state index in [0.29, 0.717) is 11.3 Å². The zero-order chi connectivity index (χ0) is 12.4. The summed E-state index contributed by atoms with van der Waals surface area (Å²) in [6.45, 7) is 1.68. The van der Waals surface area contributed by atoms with Crippen molar-refractivity contribution >= 4 is 5.97 Å². The number of nitrogens with zero attached hydrogens (tertiary/aromatic N) is 2. The largest absolute Gasteiger partial charge is 0.477 e. The van der Waals surface area contributed by atoms with Gasteiger partial charge in [-0.25, -0.2) is 9.48 Å². The van der Waals surface area contributed by atoms with Gasteiger partial charge < -0.3 is 10.2 Å². The Kier molecular flexibility index (Phi) is 2.93. The SMILES string of the molecule is Cc1cc(C(=O)O)n(C(O)c2ccccc2)n1. The van der Waals surface area contributed by atoms with E-state index in [1.165, 1.54) is 6.07 Å². The van der Waals surface area contributed by atoms with Crippen molar-refractivity contribution in [3.05, 3.63) is 53.3 Å². The number of rotatable bonds is 3. The van der Waals surface area contributed by atoms with Crippen molar-refractivity contribution in [2.24, 2.45) is 0 Å². The molecule has 1 unspecified atom stereocenters. The molecule has 88 valence electrons. The van der Waals surface area contributed by atoms with Crippen molar-refractivity contribution in [1.29, 1.82) is 0 Å². The standard InChI is InChI=1S/C12H12N2O3/c1-8-7-10(12(16)17)14(13-8)11(15)9-5-3-2-4-6-9/h2-7,11,15H,1H3,(H,16,17). The fourth-order valence-corrected chi connectivity index (χ4v) is 1.63. The van der Waals surface area contributed by atoms with Crippen LogP contribution in [0.25, 0.3) is 0 Å². The predicted octanol–water partition coefficient (Wildman–Crippen LogP) is 1.43. The molecule has 5 nitrogen and oxygen atoms in total. The number of aliphatic hydroxyl groups is 1. The minimum Gasteiger partial charge on any atom is -0.477 e. The van der Waals surface area contributed by atoms with E-state index >= 15 is 0 Å². The van der Waals surface area contributed by atoms with Crippen LogP contribution in [0.4, 0.5) is 0 Å². The molecule has 2 rings (SSSR count). The number of carbonyl (C=O) groups is 1. The number of aromatic carboxylic acids is 1. The summed E-state index contributed by atoms with van der Waals surface area (Å²) in [5, 5.41) is 23.1. The van der Waals surface area contributed by atoms with Crippen LogP contribution in [0, 0.1) is 6.92 Å². The summed E-state index contributed by atoms with van der Waals surface area (Å²) in [7, 11) is 0. The molecule has 0 bridgehead atoms. The van der Waals surface area contributed by atoms with Crippen LogP contribution in [-0.2, 0) is 0 Å². The van der Waals surface area contributed by atoms with Gasteiger partial charge in [-0.15, -0.1) is 0 Å². The highest BCUT2D eigenvalue weighted by Gasteiger charge is 2.19. The van der Waals surface area contributed by atoms with E-state index in [0.717, 1.165) is 4.68 Å².